The molecule has 0 aromatic heterocycles. The number of carboxylic acid groups (broad SMARTS) is 1. The molecule has 4 nitrogen and oxygen atoms in total. The predicted molar refractivity (Wildman–Crippen MR) is 90.1 cm³/mol. The number of fused-ring (bicyclic) bond motifs is 1. The highest BCUT2D eigenvalue weighted by atomic mass is 32.2. The van der Waals surface area contributed by atoms with Crippen molar-refractivity contribution in [3.8, 4) is 0 Å². The van der Waals surface area contributed by atoms with Crippen LogP contribution in [0.4, 0.5) is 0 Å². The molecule has 0 bridgehead atoms. The number of nitrogens with one attached hydrogen (secondary N) is 1. The minimum atomic E-state index is -1.05. The Balaban J connectivity index is 2.15. The van der Waals surface area contributed by atoms with Crippen LogP contribution in [0.3, 0.4) is 0 Å². The first-order chi connectivity index (χ1) is 10.6. The molecule has 0 fully saturated rings. The zero-order valence-electron chi connectivity index (χ0n) is 12.4. The lowest BCUT2D eigenvalue weighted by Crippen LogP contribution is -2.34. The van der Waals surface area contributed by atoms with Crippen molar-refractivity contribution in [2.24, 2.45) is 0 Å². The van der Waals surface area contributed by atoms with Crippen LogP contribution in [0.5, 0.6) is 0 Å². The summed E-state index contributed by atoms with van der Waals surface area (Å²) in [6, 6.07) is 12.2. The van der Waals surface area contributed by atoms with E-state index in [2.05, 4.69) is 5.32 Å². The topological polar surface area (TPSA) is 66.4 Å². The van der Waals surface area contributed by atoms with Crippen LogP contribution in [0.15, 0.2) is 42.5 Å². The predicted octanol–water partition coefficient (Wildman–Crippen LogP) is 3.22. The maximum Gasteiger partial charge on any atom is 0.330 e. The van der Waals surface area contributed by atoms with E-state index in [0.717, 1.165) is 22.9 Å². The minimum absolute atomic E-state index is 0.251. The smallest absolute Gasteiger partial charge is 0.330 e. The number of thioether (sulfide) groups is 1. The Labute approximate surface area is 133 Å². The molecule has 5 heteroatoms. The van der Waals surface area contributed by atoms with Crippen molar-refractivity contribution in [3.05, 3.63) is 48.0 Å². The van der Waals surface area contributed by atoms with Crippen LogP contribution in [0.2, 0.25) is 0 Å². The van der Waals surface area contributed by atoms with Crippen molar-refractivity contribution in [2.45, 2.75) is 19.4 Å². The molecule has 22 heavy (non-hydrogen) atoms. The first kappa shape index (κ1) is 16.4. The van der Waals surface area contributed by atoms with Gasteiger partial charge in [0.2, 0.25) is 5.91 Å². The largest absolute Gasteiger partial charge is 0.479 e. The molecule has 0 saturated heterocycles. The molecule has 1 atom stereocenters. The molecule has 2 aromatic rings. The summed E-state index contributed by atoms with van der Waals surface area (Å²) in [6.45, 7) is 2.04. The first-order valence-corrected chi connectivity index (χ1v) is 8.36. The SMILES string of the molecule is CCCSCC(=O)NC(C(=O)O)c1ccc2ccccc2c1. The van der Waals surface area contributed by atoms with Gasteiger partial charge in [0, 0.05) is 0 Å². The molecule has 116 valence electrons. The Morgan fingerprint density at radius 1 is 1.18 bits per heavy atom. The Bertz CT molecular complexity index is 672. The molecule has 0 saturated carbocycles. The van der Waals surface area contributed by atoms with Crippen molar-refractivity contribution in [1.29, 1.82) is 0 Å². The van der Waals surface area contributed by atoms with Crippen molar-refractivity contribution in [1.82, 2.24) is 5.32 Å². The highest BCUT2D eigenvalue weighted by Gasteiger charge is 2.22. The summed E-state index contributed by atoms with van der Waals surface area (Å²) in [4.78, 5) is 23.4. The van der Waals surface area contributed by atoms with E-state index in [0.29, 0.717) is 5.56 Å². The molecule has 0 spiro atoms. The third-order valence-corrected chi connectivity index (χ3v) is 4.40. The summed E-state index contributed by atoms with van der Waals surface area (Å²) in [6.07, 6.45) is 0.991. The van der Waals surface area contributed by atoms with Gasteiger partial charge in [-0.2, -0.15) is 11.8 Å². The molecule has 0 aliphatic heterocycles. The van der Waals surface area contributed by atoms with Gasteiger partial charge in [0.15, 0.2) is 6.04 Å². The molecular formula is C17H19NO3S. The third-order valence-electron chi connectivity index (χ3n) is 3.24. The normalized spacial score (nSPS) is 12.0. The van der Waals surface area contributed by atoms with Crippen LogP contribution in [-0.2, 0) is 9.59 Å². The van der Waals surface area contributed by atoms with Gasteiger partial charge in [0.05, 0.1) is 5.75 Å². The van der Waals surface area contributed by atoms with E-state index in [4.69, 9.17) is 0 Å². The van der Waals surface area contributed by atoms with Gasteiger partial charge in [-0.15, -0.1) is 0 Å². The second-order valence-corrected chi connectivity index (χ2v) is 6.10. The maximum atomic E-state index is 11.9. The van der Waals surface area contributed by atoms with E-state index in [9.17, 15) is 14.7 Å². The average molecular weight is 317 g/mol. The van der Waals surface area contributed by atoms with Crippen molar-refractivity contribution in [2.75, 3.05) is 11.5 Å². The Morgan fingerprint density at radius 2 is 1.91 bits per heavy atom. The molecule has 2 rings (SSSR count). The Hall–Kier alpha value is -2.01. The van der Waals surface area contributed by atoms with Gasteiger partial charge >= 0.3 is 5.97 Å². The number of carbonyl (C=O) groups excluding carboxylic acids is 1. The Kier molecular flexibility index (Phi) is 5.83. The maximum absolute atomic E-state index is 11.9. The number of benzene rings is 2. The zero-order chi connectivity index (χ0) is 15.9. The van der Waals surface area contributed by atoms with Crippen molar-refractivity contribution in [3.63, 3.8) is 0 Å². The van der Waals surface area contributed by atoms with E-state index >= 15 is 0 Å². The van der Waals surface area contributed by atoms with Crippen LogP contribution in [0.25, 0.3) is 10.8 Å². The highest BCUT2D eigenvalue weighted by molar-refractivity contribution is 7.99. The molecule has 2 N–H and O–H groups in total. The quantitative estimate of drug-likeness (QED) is 0.770. The molecule has 0 radical (unpaired) electrons. The second kappa shape index (κ2) is 7.84. The second-order valence-electron chi connectivity index (χ2n) is 5.00. The fraction of sp³-hybridized carbons (Fsp3) is 0.294. The van der Waals surface area contributed by atoms with Gasteiger partial charge < -0.3 is 10.4 Å². The third kappa shape index (κ3) is 4.24. The summed E-state index contributed by atoms with van der Waals surface area (Å²) in [7, 11) is 0. The molecule has 0 heterocycles. The lowest BCUT2D eigenvalue weighted by molar-refractivity contribution is -0.141. The number of hydrogen-bond acceptors (Lipinski definition) is 3. The van der Waals surface area contributed by atoms with E-state index in [1.807, 2.05) is 43.3 Å². The van der Waals surface area contributed by atoms with Gasteiger partial charge in [0.1, 0.15) is 0 Å². The summed E-state index contributed by atoms with van der Waals surface area (Å²) in [5.74, 6) is -0.130. The number of rotatable bonds is 7. The zero-order valence-corrected chi connectivity index (χ0v) is 13.2. The summed E-state index contributed by atoms with van der Waals surface area (Å²) in [5.41, 5.74) is 0.583. The summed E-state index contributed by atoms with van der Waals surface area (Å²) in [5, 5.41) is 14.0. The van der Waals surface area contributed by atoms with E-state index < -0.39 is 12.0 Å². The van der Waals surface area contributed by atoms with Crippen LogP contribution in [0, 0.1) is 0 Å². The number of carbonyl (C=O) groups is 2. The summed E-state index contributed by atoms with van der Waals surface area (Å²) < 4.78 is 0. The lowest BCUT2D eigenvalue weighted by Gasteiger charge is -2.15. The van der Waals surface area contributed by atoms with E-state index in [-0.39, 0.29) is 11.7 Å². The highest BCUT2D eigenvalue weighted by Crippen LogP contribution is 2.21. The fourth-order valence-electron chi connectivity index (χ4n) is 2.19. The van der Waals surface area contributed by atoms with Gasteiger partial charge in [-0.1, -0.05) is 43.3 Å². The van der Waals surface area contributed by atoms with E-state index in [1.165, 1.54) is 11.8 Å². The van der Waals surface area contributed by atoms with Crippen LogP contribution >= 0.6 is 11.8 Å². The first-order valence-electron chi connectivity index (χ1n) is 7.20. The average Bonchev–Trinajstić information content (AvgIpc) is 2.52. The number of carboxylic acids is 1. The summed E-state index contributed by atoms with van der Waals surface area (Å²) >= 11 is 1.51. The monoisotopic (exact) mass is 317 g/mol. The fourth-order valence-corrected chi connectivity index (χ4v) is 2.89. The van der Waals surface area contributed by atoms with Gasteiger partial charge in [-0.25, -0.2) is 4.79 Å². The van der Waals surface area contributed by atoms with Crippen molar-refractivity contribution >= 4 is 34.4 Å². The molecule has 0 aliphatic rings. The molecule has 0 aliphatic carbocycles. The molecule has 2 aromatic carbocycles. The molecule has 1 amide bonds. The standard InChI is InChI=1S/C17H19NO3S/c1-2-9-22-11-15(19)18-16(17(20)21)14-8-7-12-5-3-4-6-13(12)10-14/h3-8,10,16H,2,9,11H2,1H3,(H,18,19)(H,20,21). The number of amides is 1. The van der Waals surface area contributed by atoms with E-state index in [1.54, 1.807) is 6.07 Å². The minimum Gasteiger partial charge on any atom is -0.479 e. The van der Waals surface area contributed by atoms with Crippen LogP contribution < -0.4 is 5.32 Å². The lowest BCUT2D eigenvalue weighted by atomic mass is 10.0. The van der Waals surface area contributed by atoms with Gasteiger partial charge in [-0.05, 0) is 34.6 Å². The van der Waals surface area contributed by atoms with Crippen LogP contribution in [-0.4, -0.2) is 28.5 Å². The Morgan fingerprint density at radius 3 is 2.59 bits per heavy atom. The van der Waals surface area contributed by atoms with Gasteiger partial charge in [-0.3, -0.25) is 4.79 Å². The van der Waals surface area contributed by atoms with Crippen LogP contribution in [0.1, 0.15) is 24.9 Å². The number of hydrogen-bond donors (Lipinski definition) is 2. The molecular weight excluding hydrogens is 298 g/mol. The molecule has 1 unspecified atom stereocenters. The van der Waals surface area contributed by atoms with Crippen molar-refractivity contribution < 1.29 is 14.7 Å². The number of aliphatic carboxylic acids is 1. The van der Waals surface area contributed by atoms with Gasteiger partial charge in [0.25, 0.3) is 0 Å².